The van der Waals surface area contributed by atoms with Gasteiger partial charge < -0.3 is 14.8 Å². The molecule has 0 spiro atoms. The number of anilines is 1. The molecule has 0 aromatic heterocycles. The lowest BCUT2D eigenvalue weighted by Gasteiger charge is -2.09. The van der Waals surface area contributed by atoms with Crippen LogP contribution in [0.4, 0.5) is 5.69 Å². The Morgan fingerprint density at radius 3 is 2.42 bits per heavy atom. The second-order valence-corrected chi connectivity index (χ2v) is 5.37. The molecule has 1 N–H and O–H groups in total. The number of ether oxygens (including phenoxy) is 2. The smallest absolute Gasteiger partial charge is 0.262 e. The molecular formula is C18H17ClN2O3. The monoisotopic (exact) mass is 344 g/mol. The third-order valence-corrected chi connectivity index (χ3v) is 3.35. The van der Waals surface area contributed by atoms with Crippen LogP contribution in [-0.4, -0.2) is 19.1 Å². The lowest BCUT2D eigenvalue weighted by Crippen LogP contribution is -2.20. The van der Waals surface area contributed by atoms with Gasteiger partial charge in [0.25, 0.3) is 5.91 Å². The minimum absolute atomic E-state index is 0.132. The predicted octanol–water partition coefficient (Wildman–Crippen LogP) is 4.02. The van der Waals surface area contributed by atoms with E-state index in [0.717, 1.165) is 12.2 Å². The number of carbonyl (C=O) groups is 1. The van der Waals surface area contributed by atoms with E-state index in [0.29, 0.717) is 28.6 Å². The van der Waals surface area contributed by atoms with E-state index < -0.39 is 0 Å². The van der Waals surface area contributed by atoms with Crippen LogP contribution in [0.1, 0.15) is 18.9 Å². The minimum atomic E-state index is -0.318. The Hall–Kier alpha value is -2.71. The van der Waals surface area contributed by atoms with Crippen molar-refractivity contribution in [3.8, 4) is 17.6 Å². The normalized spacial score (nSPS) is 9.88. The fourth-order valence-electron chi connectivity index (χ4n) is 1.88. The summed E-state index contributed by atoms with van der Waals surface area (Å²) in [5.41, 5.74) is 0.868. The first-order valence-corrected chi connectivity index (χ1v) is 7.85. The molecule has 0 fully saturated rings. The predicted molar refractivity (Wildman–Crippen MR) is 92.5 cm³/mol. The van der Waals surface area contributed by atoms with Crippen LogP contribution < -0.4 is 14.8 Å². The van der Waals surface area contributed by atoms with Crippen LogP contribution in [-0.2, 0) is 4.79 Å². The standard InChI is InChI=1S/C18H17ClN2O3/c1-2-9-23-15-5-7-16(8-6-15)24-12-18(22)21-14-4-3-13(11-20)17(19)10-14/h3-8,10H,2,9,12H2,1H3,(H,21,22). The van der Waals surface area contributed by atoms with Crippen molar-refractivity contribution < 1.29 is 14.3 Å². The Labute approximate surface area is 145 Å². The number of nitriles is 1. The van der Waals surface area contributed by atoms with Crippen molar-refractivity contribution in [1.82, 2.24) is 0 Å². The molecule has 0 saturated carbocycles. The zero-order valence-corrected chi connectivity index (χ0v) is 14.0. The largest absolute Gasteiger partial charge is 0.494 e. The second-order valence-electron chi connectivity index (χ2n) is 4.96. The molecule has 0 saturated heterocycles. The Balaban J connectivity index is 1.84. The SMILES string of the molecule is CCCOc1ccc(OCC(=O)Nc2ccc(C#N)c(Cl)c2)cc1. The van der Waals surface area contributed by atoms with E-state index in [9.17, 15) is 4.79 Å². The number of rotatable bonds is 7. The van der Waals surface area contributed by atoms with Crippen molar-refractivity contribution in [3.05, 3.63) is 53.1 Å². The number of carbonyl (C=O) groups excluding carboxylic acids is 1. The average Bonchev–Trinajstić information content (AvgIpc) is 2.59. The zero-order valence-electron chi connectivity index (χ0n) is 13.2. The van der Waals surface area contributed by atoms with Gasteiger partial charge in [-0.25, -0.2) is 0 Å². The second kappa shape index (κ2) is 8.80. The lowest BCUT2D eigenvalue weighted by molar-refractivity contribution is -0.118. The zero-order chi connectivity index (χ0) is 17.4. The Kier molecular flexibility index (Phi) is 6.47. The Bertz CT molecular complexity index is 739. The molecule has 0 heterocycles. The van der Waals surface area contributed by atoms with E-state index in [4.69, 9.17) is 26.3 Å². The van der Waals surface area contributed by atoms with Crippen molar-refractivity contribution in [1.29, 1.82) is 5.26 Å². The quantitative estimate of drug-likeness (QED) is 0.823. The molecule has 0 bridgehead atoms. The molecule has 1 amide bonds. The first-order valence-electron chi connectivity index (χ1n) is 7.47. The van der Waals surface area contributed by atoms with E-state index in [1.807, 2.05) is 13.0 Å². The van der Waals surface area contributed by atoms with Crippen LogP contribution in [0.15, 0.2) is 42.5 Å². The molecule has 2 aromatic carbocycles. The number of halogens is 1. The highest BCUT2D eigenvalue weighted by atomic mass is 35.5. The summed E-state index contributed by atoms with van der Waals surface area (Å²) in [7, 11) is 0. The van der Waals surface area contributed by atoms with Gasteiger partial charge in [0.05, 0.1) is 17.2 Å². The summed E-state index contributed by atoms with van der Waals surface area (Å²) in [6.07, 6.45) is 0.942. The van der Waals surface area contributed by atoms with Crippen molar-refractivity contribution >= 4 is 23.2 Å². The summed E-state index contributed by atoms with van der Waals surface area (Å²) in [6.45, 7) is 2.57. The Morgan fingerprint density at radius 1 is 1.17 bits per heavy atom. The van der Waals surface area contributed by atoms with Gasteiger partial charge in [-0.1, -0.05) is 18.5 Å². The summed E-state index contributed by atoms with van der Waals surface area (Å²) in [5, 5.41) is 11.8. The molecule has 0 radical (unpaired) electrons. The molecule has 24 heavy (non-hydrogen) atoms. The van der Waals surface area contributed by atoms with E-state index >= 15 is 0 Å². The van der Waals surface area contributed by atoms with Crippen LogP contribution in [0.2, 0.25) is 5.02 Å². The topological polar surface area (TPSA) is 71.3 Å². The van der Waals surface area contributed by atoms with Crippen molar-refractivity contribution in [3.63, 3.8) is 0 Å². The van der Waals surface area contributed by atoms with Gasteiger partial charge in [0.1, 0.15) is 17.6 Å². The van der Waals surface area contributed by atoms with E-state index in [2.05, 4.69) is 5.32 Å². The number of hydrogen-bond donors (Lipinski definition) is 1. The van der Waals surface area contributed by atoms with Crippen LogP contribution in [0, 0.1) is 11.3 Å². The van der Waals surface area contributed by atoms with E-state index in [1.165, 1.54) is 6.07 Å². The summed E-state index contributed by atoms with van der Waals surface area (Å²) >= 11 is 5.92. The van der Waals surface area contributed by atoms with Gasteiger partial charge in [0, 0.05) is 5.69 Å². The molecule has 0 aliphatic rings. The molecule has 0 unspecified atom stereocenters. The highest BCUT2D eigenvalue weighted by Crippen LogP contribution is 2.20. The summed E-state index contributed by atoms with van der Waals surface area (Å²) in [5.74, 6) is 1.02. The van der Waals surface area contributed by atoms with Gasteiger partial charge in [0.2, 0.25) is 0 Å². The van der Waals surface area contributed by atoms with Gasteiger partial charge in [-0.15, -0.1) is 0 Å². The average molecular weight is 345 g/mol. The maximum absolute atomic E-state index is 11.9. The molecule has 0 aliphatic heterocycles. The van der Waals surface area contributed by atoms with E-state index in [-0.39, 0.29) is 12.5 Å². The van der Waals surface area contributed by atoms with Crippen LogP contribution in [0.5, 0.6) is 11.5 Å². The maximum Gasteiger partial charge on any atom is 0.262 e. The molecule has 0 atom stereocenters. The van der Waals surface area contributed by atoms with E-state index in [1.54, 1.807) is 36.4 Å². The van der Waals surface area contributed by atoms with Gasteiger partial charge in [-0.05, 0) is 48.9 Å². The van der Waals surface area contributed by atoms with Gasteiger partial charge >= 0.3 is 0 Å². The molecule has 5 nitrogen and oxygen atoms in total. The maximum atomic E-state index is 11.9. The summed E-state index contributed by atoms with van der Waals surface area (Å²) < 4.78 is 10.9. The first kappa shape index (κ1) is 17.6. The van der Waals surface area contributed by atoms with Gasteiger partial charge in [-0.3, -0.25) is 4.79 Å². The van der Waals surface area contributed by atoms with Crippen LogP contribution >= 0.6 is 11.6 Å². The van der Waals surface area contributed by atoms with Crippen LogP contribution in [0.3, 0.4) is 0 Å². The number of amides is 1. The Morgan fingerprint density at radius 2 is 1.83 bits per heavy atom. The molecule has 0 aliphatic carbocycles. The fourth-order valence-corrected chi connectivity index (χ4v) is 2.10. The highest BCUT2D eigenvalue weighted by molar-refractivity contribution is 6.32. The third kappa shape index (κ3) is 5.18. The molecule has 124 valence electrons. The summed E-state index contributed by atoms with van der Waals surface area (Å²) in [6, 6.07) is 13.7. The fraction of sp³-hybridized carbons (Fsp3) is 0.222. The number of benzene rings is 2. The lowest BCUT2D eigenvalue weighted by atomic mass is 10.2. The summed E-state index contributed by atoms with van der Waals surface area (Å²) in [4.78, 5) is 11.9. The first-order chi connectivity index (χ1) is 11.6. The minimum Gasteiger partial charge on any atom is -0.494 e. The molecule has 6 heteroatoms. The van der Waals surface area contributed by atoms with Crippen molar-refractivity contribution in [2.45, 2.75) is 13.3 Å². The van der Waals surface area contributed by atoms with Gasteiger partial charge in [0.15, 0.2) is 6.61 Å². The van der Waals surface area contributed by atoms with Crippen LogP contribution in [0.25, 0.3) is 0 Å². The number of nitrogens with one attached hydrogen (secondary N) is 1. The molecule has 2 aromatic rings. The molecular weight excluding hydrogens is 328 g/mol. The highest BCUT2D eigenvalue weighted by Gasteiger charge is 2.06. The number of nitrogens with zero attached hydrogens (tertiary/aromatic N) is 1. The third-order valence-electron chi connectivity index (χ3n) is 3.04. The van der Waals surface area contributed by atoms with Crippen molar-refractivity contribution in [2.24, 2.45) is 0 Å². The number of hydrogen-bond acceptors (Lipinski definition) is 4. The molecule has 2 rings (SSSR count). The van der Waals surface area contributed by atoms with Gasteiger partial charge in [-0.2, -0.15) is 5.26 Å². The van der Waals surface area contributed by atoms with Crippen molar-refractivity contribution in [2.75, 3.05) is 18.5 Å².